The van der Waals surface area contributed by atoms with E-state index in [1.165, 1.54) is 69.1 Å². The van der Waals surface area contributed by atoms with Crippen molar-refractivity contribution in [3.63, 3.8) is 0 Å². The normalized spacial score (nSPS) is 34.2. The van der Waals surface area contributed by atoms with Crippen molar-refractivity contribution in [2.45, 2.75) is 111 Å². The van der Waals surface area contributed by atoms with Gasteiger partial charge in [0.05, 0.1) is 5.69 Å². The van der Waals surface area contributed by atoms with Crippen molar-refractivity contribution in [1.82, 2.24) is 0 Å². The summed E-state index contributed by atoms with van der Waals surface area (Å²) < 4.78 is 11.1. The van der Waals surface area contributed by atoms with E-state index in [9.17, 15) is 9.59 Å². The summed E-state index contributed by atoms with van der Waals surface area (Å²) in [5.41, 5.74) is 14.5. The van der Waals surface area contributed by atoms with Gasteiger partial charge in [0.15, 0.2) is 5.75 Å². The fraction of sp³-hybridized carbons (Fsp3) is 0.676. The van der Waals surface area contributed by atoms with Gasteiger partial charge in [-0.1, -0.05) is 65.5 Å². The standard InChI is InChI=1S/C37H54N2O4/c1-23(2)7-6-8-24(3)29-12-13-30-28-11-9-25-21-27(17-19-36(25,4)31(28)18-20-37(29,30)5)42-34(40)15-16-35(41)43-33-14-10-26(38)22-32(33)39/h9-10,14-16,22-24,27-31H,6-8,11-13,17-21,38-39H2,1-5H3. The smallest absolute Gasteiger partial charge is 0.336 e. The number of anilines is 2. The Morgan fingerprint density at radius 3 is 2.49 bits per heavy atom. The number of esters is 2. The molecule has 4 N–H and O–H groups in total. The number of carbonyl (C=O) groups excluding carboxylic acids is 2. The summed E-state index contributed by atoms with van der Waals surface area (Å²) in [6, 6.07) is 4.65. The first kappa shape index (κ1) is 31.7. The molecule has 0 spiro atoms. The quantitative estimate of drug-likeness (QED) is 0.0986. The zero-order valence-corrected chi connectivity index (χ0v) is 27.1. The fourth-order valence-electron chi connectivity index (χ4n) is 9.89. The second kappa shape index (κ2) is 12.7. The van der Waals surface area contributed by atoms with Gasteiger partial charge in [0.25, 0.3) is 0 Å². The molecule has 3 saturated carbocycles. The lowest BCUT2D eigenvalue weighted by molar-refractivity contribution is -0.145. The molecule has 0 aliphatic heterocycles. The molecule has 1 aromatic carbocycles. The van der Waals surface area contributed by atoms with Crippen molar-refractivity contribution in [3.05, 3.63) is 42.0 Å². The first-order chi connectivity index (χ1) is 20.4. The average molecular weight is 591 g/mol. The summed E-state index contributed by atoms with van der Waals surface area (Å²) in [6.07, 6.45) is 18.1. The van der Waals surface area contributed by atoms with Crippen LogP contribution in [0, 0.1) is 46.3 Å². The third-order valence-corrected chi connectivity index (χ3v) is 12.1. The van der Waals surface area contributed by atoms with E-state index in [0.717, 1.165) is 66.9 Å². The molecule has 8 unspecified atom stereocenters. The van der Waals surface area contributed by atoms with Gasteiger partial charge in [0.1, 0.15) is 6.10 Å². The Balaban J connectivity index is 1.17. The lowest BCUT2D eigenvalue weighted by atomic mass is 9.47. The molecule has 0 amide bonds. The molecule has 0 aromatic heterocycles. The van der Waals surface area contributed by atoms with Crippen molar-refractivity contribution in [1.29, 1.82) is 0 Å². The van der Waals surface area contributed by atoms with Gasteiger partial charge in [0.2, 0.25) is 0 Å². The Hall–Kier alpha value is -2.76. The minimum Gasteiger partial charge on any atom is -0.459 e. The number of carbonyl (C=O) groups is 2. The molecule has 1 aromatic rings. The van der Waals surface area contributed by atoms with Crippen LogP contribution in [0.3, 0.4) is 0 Å². The van der Waals surface area contributed by atoms with Crippen LogP contribution in [-0.2, 0) is 14.3 Å². The molecule has 0 bridgehead atoms. The number of nitrogen functional groups attached to an aromatic ring is 2. The van der Waals surface area contributed by atoms with Gasteiger partial charge in [-0.2, -0.15) is 0 Å². The molecule has 0 saturated heterocycles. The predicted octanol–water partition coefficient (Wildman–Crippen LogP) is 8.27. The summed E-state index contributed by atoms with van der Waals surface area (Å²) >= 11 is 0. The monoisotopic (exact) mass is 590 g/mol. The van der Waals surface area contributed by atoms with Crippen LogP contribution < -0.4 is 16.2 Å². The van der Waals surface area contributed by atoms with Crippen LogP contribution in [0.25, 0.3) is 0 Å². The Morgan fingerprint density at radius 1 is 0.977 bits per heavy atom. The van der Waals surface area contributed by atoms with Gasteiger partial charge < -0.3 is 20.9 Å². The van der Waals surface area contributed by atoms with Crippen molar-refractivity contribution in [2.75, 3.05) is 11.5 Å². The molecule has 4 aliphatic carbocycles. The lowest BCUT2D eigenvalue weighted by Gasteiger charge is -2.58. The highest BCUT2D eigenvalue weighted by Crippen LogP contribution is 2.67. The number of rotatable bonds is 9. The highest BCUT2D eigenvalue weighted by atomic mass is 16.5. The Kier molecular flexibility index (Phi) is 9.34. The average Bonchev–Trinajstić information content (AvgIpc) is 3.31. The molecular formula is C37H54N2O4. The molecule has 3 fully saturated rings. The maximum atomic E-state index is 12.6. The molecule has 6 heteroatoms. The number of nitrogens with two attached hydrogens (primary N) is 2. The molecule has 5 rings (SSSR count). The molecule has 0 radical (unpaired) electrons. The zero-order valence-electron chi connectivity index (χ0n) is 27.1. The number of benzene rings is 1. The Labute approximate surface area is 259 Å². The van der Waals surface area contributed by atoms with Crippen LogP contribution in [0.4, 0.5) is 11.4 Å². The van der Waals surface area contributed by atoms with Crippen molar-refractivity contribution >= 4 is 23.3 Å². The lowest BCUT2D eigenvalue weighted by Crippen LogP contribution is -2.51. The van der Waals surface area contributed by atoms with Gasteiger partial charge in [-0.05, 0) is 109 Å². The van der Waals surface area contributed by atoms with Crippen LogP contribution in [0.1, 0.15) is 105 Å². The predicted molar refractivity (Wildman–Crippen MR) is 173 cm³/mol. The largest absolute Gasteiger partial charge is 0.459 e. The third kappa shape index (κ3) is 6.54. The first-order valence-electron chi connectivity index (χ1n) is 16.9. The second-order valence-corrected chi connectivity index (χ2v) is 15.1. The summed E-state index contributed by atoms with van der Waals surface area (Å²) in [6.45, 7) is 12.4. The van der Waals surface area contributed by atoms with Gasteiger partial charge in [-0.15, -0.1) is 0 Å². The van der Waals surface area contributed by atoms with Gasteiger partial charge in [0, 0.05) is 24.3 Å². The zero-order chi connectivity index (χ0) is 30.9. The number of hydrogen-bond donors (Lipinski definition) is 2. The number of allylic oxidation sites excluding steroid dienone is 1. The molecule has 8 atom stereocenters. The molecule has 0 heterocycles. The minimum absolute atomic E-state index is 0.159. The summed E-state index contributed by atoms with van der Waals surface area (Å²) in [5, 5.41) is 0. The van der Waals surface area contributed by atoms with E-state index in [4.69, 9.17) is 20.9 Å². The van der Waals surface area contributed by atoms with Gasteiger partial charge in [-0.25, -0.2) is 9.59 Å². The second-order valence-electron chi connectivity index (χ2n) is 15.1. The maximum absolute atomic E-state index is 12.6. The molecule has 6 nitrogen and oxygen atoms in total. The summed E-state index contributed by atoms with van der Waals surface area (Å²) in [4.78, 5) is 24.8. The first-order valence-corrected chi connectivity index (χ1v) is 16.9. The van der Waals surface area contributed by atoms with Crippen LogP contribution in [-0.4, -0.2) is 18.0 Å². The van der Waals surface area contributed by atoms with Crippen molar-refractivity contribution in [2.24, 2.45) is 46.3 Å². The highest BCUT2D eigenvalue weighted by Gasteiger charge is 2.59. The topological polar surface area (TPSA) is 105 Å². The fourth-order valence-corrected chi connectivity index (χ4v) is 9.89. The summed E-state index contributed by atoms with van der Waals surface area (Å²) in [7, 11) is 0. The van der Waals surface area contributed by atoms with Crippen LogP contribution >= 0.6 is 0 Å². The Morgan fingerprint density at radius 2 is 1.74 bits per heavy atom. The third-order valence-electron chi connectivity index (χ3n) is 12.1. The highest BCUT2D eigenvalue weighted by molar-refractivity contribution is 5.93. The minimum atomic E-state index is -0.686. The van der Waals surface area contributed by atoms with E-state index < -0.39 is 11.9 Å². The van der Waals surface area contributed by atoms with Crippen LogP contribution in [0.15, 0.2) is 42.0 Å². The summed E-state index contributed by atoms with van der Waals surface area (Å²) in [5.74, 6) is 3.85. The maximum Gasteiger partial charge on any atom is 0.336 e. The molecule has 43 heavy (non-hydrogen) atoms. The Bertz CT molecular complexity index is 1250. The van der Waals surface area contributed by atoms with E-state index >= 15 is 0 Å². The molecule has 4 aliphatic rings. The number of ether oxygens (including phenoxy) is 2. The van der Waals surface area contributed by atoms with E-state index in [2.05, 4.69) is 40.7 Å². The van der Waals surface area contributed by atoms with Crippen LogP contribution in [0.2, 0.25) is 0 Å². The SMILES string of the molecule is CC(C)CCCC(C)C1CCC2C3CC=C4CC(OC(=O)C=CC(=O)Oc5ccc(N)cc5N)CCC4(C)C3CCC12C. The molecule has 236 valence electrons. The van der Waals surface area contributed by atoms with E-state index in [-0.39, 0.29) is 23.0 Å². The van der Waals surface area contributed by atoms with Crippen LogP contribution in [0.5, 0.6) is 5.75 Å². The van der Waals surface area contributed by atoms with E-state index in [1.54, 1.807) is 6.07 Å². The van der Waals surface area contributed by atoms with Crippen molar-refractivity contribution in [3.8, 4) is 5.75 Å². The van der Waals surface area contributed by atoms with Gasteiger partial charge in [-0.3, -0.25) is 0 Å². The van der Waals surface area contributed by atoms with Gasteiger partial charge >= 0.3 is 11.9 Å². The number of fused-ring (bicyclic) bond motifs is 5. The van der Waals surface area contributed by atoms with E-state index in [1.807, 2.05) is 0 Å². The van der Waals surface area contributed by atoms with Crippen molar-refractivity contribution < 1.29 is 19.1 Å². The van der Waals surface area contributed by atoms with E-state index in [0.29, 0.717) is 11.1 Å². The molecular weight excluding hydrogens is 536 g/mol. The number of hydrogen-bond acceptors (Lipinski definition) is 6.